The van der Waals surface area contributed by atoms with Crippen molar-refractivity contribution in [3.8, 4) is 0 Å². The number of nitrogens with one attached hydrogen (secondary N) is 2. The van der Waals surface area contributed by atoms with Crippen LogP contribution in [0.4, 0.5) is 0 Å². The third-order valence-corrected chi connectivity index (χ3v) is 5.08. The Morgan fingerprint density at radius 2 is 1.75 bits per heavy atom. The van der Waals surface area contributed by atoms with Crippen molar-refractivity contribution < 1.29 is 43.7 Å². The number of amides is 2. The van der Waals surface area contributed by atoms with Crippen molar-refractivity contribution in [2.24, 2.45) is 5.73 Å². The Balaban J connectivity index is 4.62. The molecule has 0 radical (unpaired) electrons. The Morgan fingerprint density at radius 3 is 2.34 bits per heavy atom. The van der Waals surface area contributed by atoms with Gasteiger partial charge in [0.25, 0.3) is 0 Å². The molecule has 0 aromatic carbocycles. The molecule has 0 saturated heterocycles. The molecule has 0 aliphatic heterocycles. The summed E-state index contributed by atoms with van der Waals surface area (Å²) in [5, 5.41) is 21.9. The SMILES string of the molecule is CCCCCCOC(=O)C(=O)CSC[C@@H](NC(=O)CC[C@H](N)C(=O)O)C(=O)NCC(=O)O. The van der Waals surface area contributed by atoms with Crippen LogP contribution in [0.25, 0.3) is 0 Å². The number of rotatable bonds is 18. The highest BCUT2D eigenvalue weighted by Crippen LogP contribution is 2.07. The van der Waals surface area contributed by atoms with E-state index in [-0.39, 0.29) is 31.0 Å². The Hall–Kier alpha value is -2.67. The summed E-state index contributed by atoms with van der Waals surface area (Å²) in [7, 11) is 0. The number of thioether (sulfide) groups is 1. The first kappa shape index (κ1) is 29.3. The first-order chi connectivity index (χ1) is 15.1. The summed E-state index contributed by atoms with van der Waals surface area (Å²) in [6, 6.07) is -2.45. The third-order valence-electron chi connectivity index (χ3n) is 4.04. The lowest BCUT2D eigenvalue weighted by atomic mass is 10.1. The summed E-state index contributed by atoms with van der Waals surface area (Å²) in [6.45, 7) is 1.50. The largest absolute Gasteiger partial charge is 0.480 e. The fraction of sp³-hybridized carbons (Fsp3) is 0.684. The van der Waals surface area contributed by atoms with Gasteiger partial charge in [0.1, 0.15) is 18.6 Å². The molecule has 32 heavy (non-hydrogen) atoms. The number of esters is 1. The van der Waals surface area contributed by atoms with E-state index in [9.17, 15) is 28.8 Å². The van der Waals surface area contributed by atoms with Gasteiger partial charge in [0.15, 0.2) is 0 Å². The molecule has 6 N–H and O–H groups in total. The molecule has 2 amide bonds. The number of ether oxygens (including phenoxy) is 1. The predicted octanol–water partition coefficient (Wildman–Crippen LogP) is -0.710. The third kappa shape index (κ3) is 14.4. The Bertz CT molecular complexity index is 672. The van der Waals surface area contributed by atoms with Crippen molar-refractivity contribution in [3.05, 3.63) is 0 Å². The summed E-state index contributed by atoms with van der Waals surface area (Å²) < 4.78 is 4.88. The van der Waals surface area contributed by atoms with E-state index in [1.807, 2.05) is 6.92 Å². The van der Waals surface area contributed by atoms with E-state index in [0.29, 0.717) is 6.42 Å². The zero-order valence-corrected chi connectivity index (χ0v) is 18.8. The molecule has 0 aromatic rings. The molecule has 12 nitrogen and oxygen atoms in total. The minimum absolute atomic E-state index is 0.127. The monoisotopic (exact) mass is 477 g/mol. The summed E-state index contributed by atoms with van der Waals surface area (Å²) in [6.07, 6.45) is 3.12. The molecule has 0 unspecified atom stereocenters. The van der Waals surface area contributed by atoms with Crippen molar-refractivity contribution in [2.45, 2.75) is 57.5 Å². The fourth-order valence-electron chi connectivity index (χ4n) is 2.25. The molecule has 0 rings (SSSR count). The molecule has 0 spiro atoms. The maximum absolute atomic E-state index is 12.2. The van der Waals surface area contributed by atoms with Gasteiger partial charge in [-0.25, -0.2) is 4.79 Å². The Kier molecular flexibility index (Phi) is 15.5. The second-order valence-electron chi connectivity index (χ2n) is 6.85. The van der Waals surface area contributed by atoms with Crippen molar-refractivity contribution in [1.82, 2.24) is 10.6 Å². The first-order valence-electron chi connectivity index (χ1n) is 10.1. The second-order valence-corrected chi connectivity index (χ2v) is 7.88. The lowest BCUT2D eigenvalue weighted by Gasteiger charge is -2.18. The number of carbonyl (C=O) groups excluding carboxylic acids is 4. The lowest BCUT2D eigenvalue weighted by molar-refractivity contribution is -0.152. The number of Topliss-reactive ketones (excluding diaryl/α,β-unsaturated/α-hetero) is 1. The number of hydrogen-bond acceptors (Lipinski definition) is 9. The Morgan fingerprint density at radius 1 is 1.06 bits per heavy atom. The number of carbonyl (C=O) groups is 6. The molecular weight excluding hydrogens is 446 g/mol. The normalized spacial score (nSPS) is 12.3. The van der Waals surface area contributed by atoms with Crippen molar-refractivity contribution in [2.75, 3.05) is 24.7 Å². The molecular formula is C19H31N3O9S. The number of nitrogens with two attached hydrogens (primary N) is 1. The summed E-state index contributed by atoms with van der Waals surface area (Å²) in [5.41, 5.74) is 5.33. The highest BCUT2D eigenvalue weighted by molar-refractivity contribution is 8.00. The van der Waals surface area contributed by atoms with E-state index in [0.717, 1.165) is 31.0 Å². The summed E-state index contributed by atoms with van der Waals surface area (Å²) in [4.78, 5) is 69.1. The van der Waals surface area contributed by atoms with Gasteiger partial charge in [-0.05, 0) is 12.8 Å². The molecule has 0 heterocycles. The van der Waals surface area contributed by atoms with Crippen molar-refractivity contribution in [3.63, 3.8) is 0 Å². The number of hydrogen-bond donors (Lipinski definition) is 5. The van der Waals surface area contributed by atoms with Crippen LogP contribution in [-0.4, -0.2) is 82.5 Å². The van der Waals surface area contributed by atoms with E-state index in [1.54, 1.807) is 0 Å². The molecule has 0 fully saturated rings. The van der Waals surface area contributed by atoms with Crippen LogP contribution in [0.1, 0.15) is 45.4 Å². The fourth-order valence-corrected chi connectivity index (χ4v) is 3.14. The Labute approximate surface area is 190 Å². The number of carboxylic acids is 2. The highest BCUT2D eigenvalue weighted by atomic mass is 32.2. The number of carboxylic acid groups (broad SMARTS) is 2. The van der Waals surface area contributed by atoms with Gasteiger partial charge < -0.3 is 31.3 Å². The molecule has 0 aliphatic carbocycles. The van der Waals surface area contributed by atoms with E-state index in [4.69, 9.17) is 20.7 Å². The van der Waals surface area contributed by atoms with Gasteiger partial charge in [0.05, 0.1) is 12.4 Å². The molecule has 0 aromatic heterocycles. The van der Waals surface area contributed by atoms with Gasteiger partial charge in [0, 0.05) is 12.2 Å². The van der Waals surface area contributed by atoms with Crippen LogP contribution in [0.2, 0.25) is 0 Å². The zero-order chi connectivity index (χ0) is 24.5. The quantitative estimate of drug-likeness (QED) is 0.0947. The molecule has 182 valence electrons. The van der Waals surface area contributed by atoms with Crippen LogP contribution >= 0.6 is 11.8 Å². The van der Waals surface area contributed by atoms with Crippen molar-refractivity contribution >= 4 is 47.3 Å². The summed E-state index contributed by atoms with van der Waals surface area (Å²) >= 11 is 0.887. The maximum Gasteiger partial charge on any atom is 0.375 e. The van der Waals surface area contributed by atoms with Crippen LogP contribution < -0.4 is 16.4 Å². The molecule has 0 bridgehead atoms. The smallest absolute Gasteiger partial charge is 0.375 e. The number of ketones is 1. The second kappa shape index (κ2) is 17.0. The average molecular weight is 478 g/mol. The van der Waals surface area contributed by atoms with Gasteiger partial charge >= 0.3 is 17.9 Å². The first-order valence-corrected chi connectivity index (χ1v) is 11.3. The predicted molar refractivity (Wildman–Crippen MR) is 115 cm³/mol. The molecule has 13 heteroatoms. The average Bonchev–Trinajstić information content (AvgIpc) is 2.74. The lowest BCUT2D eigenvalue weighted by Crippen LogP contribution is -2.49. The highest BCUT2D eigenvalue weighted by Gasteiger charge is 2.24. The minimum Gasteiger partial charge on any atom is -0.480 e. The van der Waals surface area contributed by atoms with Crippen LogP contribution in [0.5, 0.6) is 0 Å². The topological polar surface area (TPSA) is 202 Å². The maximum atomic E-state index is 12.2. The summed E-state index contributed by atoms with van der Waals surface area (Å²) in [5.74, 6) is -6.24. The van der Waals surface area contributed by atoms with E-state index >= 15 is 0 Å². The van der Waals surface area contributed by atoms with Crippen LogP contribution in [0.3, 0.4) is 0 Å². The molecule has 0 saturated carbocycles. The zero-order valence-electron chi connectivity index (χ0n) is 18.0. The molecule has 2 atom stereocenters. The van der Waals surface area contributed by atoms with Gasteiger partial charge in [-0.3, -0.25) is 24.0 Å². The van der Waals surface area contributed by atoms with E-state index in [1.165, 1.54) is 0 Å². The van der Waals surface area contributed by atoms with Crippen LogP contribution in [0, 0.1) is 0 Å². The standard InChI is InChI=1S/C19H31N3O9S/c1-2-3-4-5-8-31-19(30)14(23)11-32-10-13(17(27)21-9-16(25)26)22-15(24)7-6-12(20)18(28)29/h12-13H,2-11,20H2,1H3,(H,21,27)(H,22,24)(H,25,26)(H,28,29)/t12-,13+/m0/s1. The molecule has 0 aliphatic rings. The van der Waals surface area contributed by atoms with Crippen LogP contribution in [0.15, 0.2) is 0 Å². The minimum atomic E-state index is -1.29. The van der Waals surface area contributed by atoms with Crippen LogP contribution in [-0.2, 0) is 33.5 Å². The van der Waals surface area contributed by atoms with Gasteiger partial charge in [-0.15, -0.1) is 0 Å². The van der Waals surface area contributed by atoms with Gasteiger partial charge in [-0.2, -0.15) is 11.8 Å². The van der Waals surface area contributed by atoms with Crippen molar-refractivity contribution in [1.29, 1.82) is 0 Å². The van der Waals surface area contributed by atoms with Gasteiger partial charge in [0.2, 0.25) is 17.6 Å². The van der Waals surface area contributed by atoms with Gasteiger partial charge in [-0.1, -0.05) is 26.2 Å². The van der Waals surface area contributed by atoms with E-state index < -0.39 is 54.1 Å². The van der Waals surface area contributed by atoms with E-state index in [2.05, 4.69) is 10.6 Å². The number of aliphatic carboxylic acids is 2. The number of unbranched alkanes of at least 4 members (excludes halogenated alkanes) is 3.